The fraction of sp³-hybridized carbons (Fsp3) is 1.00. The molecule has 0 aliphatic rings. The SMILES string of the molecule is CCCCC(CCCC)COCCOCCOCC. The van der Waals surface area contributed by atoms with Crippen LogP contribution in [-0.4, -0.2) is 39.6 Å². The quantitative estimate of drug-likeness (QED) is 0.422. The van der Waals surface area contributed by atoms with Crippen molar-refractivity contribution in [1.29, 1.82) is 0 Å². The molecule has 3 nitrogen and oxygen atoms in total. The fourth-order valence-corrected chi connectivity index (χ4v) is 2.03. The van der Waals surface area contributed by atoms with Crippen LogP contribution in [-0.2, 0) is 14.2 Å². The summed E-state index contributed by atoms with van der Waals surface area (Å²) in [6.07, 6.45) is 7.82. The highest BCUT2D eigenvalue weighted by molar-refractivity contribution is 4.58. The van der Waals surface area contributed by atoms with Gasteiger partial charge in [-0.05, 0) is 25.7 Å². The van der Waals surface area contributed by atoms with Gasteiger partial charge in [0, 0.05) is 13.2 Å². The summed E-state index contributed by atoms with van der Waals surface area (Å²) < 4.78 is 16.4. The lowest BCUT2D eigenvalue weighted by atomic mass is 9.97. The van der Waals surface area contributed by atoms with Crippen molar-refractivity contribution < 1.29 is 14.2 Å². The van der Waals surface area contributed by atoms with Gasteiger partial charge in [-0.15, -0.1) is 0 Å². The molecule has 0 amide bonds. The van der Waals surface area contributed by atoms with Crippen molar-refractivity contribution >= 4 is 0 Å². The van der Waals surface area contributed by atoms with Crippen LogP contribution in [0.4, 0.5) is 0 Å². The van der Waals surface area contributed by atoms with E-state index >= 15 is 0 Å². The average molecular weight is 274 g/mol. The molecule has 0 atom stereocenters. The van der Waals surface area contributed by atoms with Crippen LogP contribution in [0.3, 0.4) is 0 Å². The van der Waals surface area contributed by atoms with Gasteiger partial charge in [0.2, 0.25) is 0 Å². The standard InChI is InChI=1S/C16H34O3/c1-4-7-9-16(10-8-5-2)15-19-14-13-18-12-11-17-6-3/h16H,4-15H2,1-3H3. The first kappa shape index (κ1) is 18.9. The largest absolute Gasteiger partial charge is 0.379 e. The molecule has 0 heterocycles. The zero-order valence-electron chi connectivity index (χ0n) is 13.3. The summed E-state index contributed by atoms with van der Waals surface area (Å²) in [6, 6.07) is 0. The van der Waals surface area contributed by atoms with Crippen LogP contribution in [0.15, 0.2) is 0 Å². The highest BCUT2D eigenvalue weighted by Gasteiger charge is 2.07. The number of ether oxygens (including phenoxy) is 3. The second-order valence-corrected chi connectivity index (χ2v) is 5.03. The normalized spacial score (nSPS) is 11.4. The number of unbranched alkanes of at least 4 members (excludes halogenated alkanes) is 2. The maximum Gasteiger partial charge on any atom is 0.0701 e. The number of rotatable bonds is 15. The van der Waals surface area contributed by atoms with Crippen LogP contribution in [0.5, 0.6) is 0 Å². The molecule has 0 aromatic heterocycles. The van der Waals surface area contributed by atoms with E-state index in [9.17, 15) is 0 Å². The first-order chi connectivity index (χ1) is 9.35. The van der Waals surface area contributed by atoms with Gasteiger partial charge in [-0.3, -0.25) is 0 Å². The molecule has 0 aromatic rings. The molecule has 116 valence electrons. The van der Waals surface area contributed by atoms with Crippen molar-refractivity contribution in [1.82, 2.24) is 0 Å². The van der Waals surface area contributed by atoms with Crippen LogP contribution in [0.2, 0.25) is 0 Å². The summed E-state index contributed by atoms with van der Waals surface area (Å²) in [5.74, 6) is 0.739. The molecule has 0 rings (SSSR count). The Bertz CT molecular complexity index is 154. The van der Waals surface area contributed by atoms with Crippen LogP contribution >= 0.6 is 0 Å². The van der Waals surface area contributed by atoms with Gasteiger partial charge in [-0.25, -0.2) is 0 Å². The average Bonchev–Trinajstić information content (AvgIpc) is 2.43. The summed E-state index contributed by atoms with van der Waals surface area (Å²) in [5, 5.41) is 0. The van der Waals surface area contributed by atoms with E-state index in [1.54, 1.807) is 0 Å². The zero-order valence-corrected chi connectivity index (χ0v) is 13.3. The van der Waals surface area contributed by atoms with Crippen molar-refractivity contribution in [3.8, 4) is 0 Å². The molecule has 0 aliphatic heterocycles. The molecule has 0 bridgehead atoms. The molecule has 0 saturated heterocycles. The predicted octanol–water partition coefficient (Wildman–Crippen LogP) is 4.05. The zero-order chi connectivity index (χ0) is 14.2. The maximum absolute atomic E-state index is 5.73. The fourth-order valence-electron chi connectivity index (χ4n) is 2.03. The molecule has 0 saturated carbocycles. The number of hydrogen-bond acceptors (Lipinski definition) is 3. The first-order valence-corrected chi connectivity index (χ1v) is 8.08. The van der Waals surface area contributed by atoms with E-state index in [-0.39, 0.29) is 0 Å². The lowest BCUT2D eigenvalue weighted by Crippen LogP contribution is -2.14. The summed E-state index contributed by atoms with van der Waals surface area (Å²) in [5.41, 5.74) is 0. The van der Waals surface area contributed by atoms with E-state index in [1.807, 2.05) is 6.92 Å². The predicted molar refractivity (Wildman–Crippen MR) is 80.7 cm³/mol. The summed E-state index contributed by atoms with van der Waals surface area (Å²) >= 11 is 0. The highest BCUT2D eigenvalue weighted by atomic mass is 16.5. The lowest BCUT2D eigenvalue weighted by Gasteiger charge is -2.16. The van der Waals surface area contributed by atoms with Gasteiger partial charge < -0.3 is 14.2 Å². The van der Waals surface area contributed by atoms with Crippen molar-refractivity contribution in [2.75, 3.05) is 39.6 Å². The van der Waals surface area contributed by atoms with Gasteiger partial charge in [0.05, 0.1) is 26.4 Å². The topological polar surface area (TPSA) is 27.7 Å². The minimum atomic E-state index is 0.673. The van der Waals surface area contributed by atoms with Crippen LogP contribution in [0.1, 0.15) is 59.3 Å². The van der Waals surface area contributed by atoms with E-state index < -0.39 is 0 Å². The molecule has 3 heteroatoms. The lowest BCUT2D eigenvalue weighted by molar-refractivity contribution is 0.00754. The molecule has 19 heavy (non-hydrogen) atoms. The van der Waals surface area contributed by atoms with Gasteiger partial charge in [0.15, 0.2) is 0 Å². The molecular weight excluding hydrogens is 240 g/mol. The smallest absolute Gasteiger partial charge is 0.0701 e. The Balaban J connectivity index is 3.40. The molecule has 0 aromatic carbocycles. The third kappa shape index (κ3) is 14.1. The summed E-state index contributed by atoms with van der Waals surface area (Å²) in [7, 11) is 0. The molecular formula is C16H34O3. The van der Waals surface area contributed by atoms with E-state index in [1.165, 1.54) is 38.5 Å². The Morgan fingerprint density at radius 2 is 1.21 bits per heavy atom. The van der Waals surface area contributed by atoms with Crippen LogP contribution in [0.25, 0.3) is 0 Å². The van der Waals surface area contributed by atoms with E-state index in [0.717, 1.165) is 19.1 Å². The van der Waals surface area contributed by atoms with Gasteiger partial charge in [-0.1, -0.05) is 39.5 Å². The Morgan fingerprint density at radius 1 is 0.684 bits per heavy atom. The van der Waals surface area contributed by atoms with Crippen LogP contribution in [0, 0.1) is 5.92 Å². The highest BCUT2D eigenvalue weighted by Crippen LogP contribution is 2.16. The van der Waals surface area contributed by atoms with Crippen molar-refractivity contribution in [2.45, 2.75) is 59.3 Å². The van der Waals surface area contributed by atoms with Gasteiger partial charge in [0.25, 0.3) is 0 Å². The van der Waals surface area contributed by atoms with Gasteiger partial charge in [0.1, 0.15) is 0 Å². The van der Waals surface area contributed by atoms with E-state index in [0.29, 0.717) is 26.4 Å². The molecule has 0 spiro atoms. The Hall–Kier alpha value is -0.120. The maximum atomic E-state index is 5.73. The number of hydrogen-bond donors (Lipinski definition) is 0. The van der Waals surface area contributed by atoms with E-state index in [2.05, 4.69) is 13.8 Å². The molecule has 0 N–H and O–H groups in total. The minimum absolute atomic E-state index is 0.673. The van der Waals surface area contributed by atoms with E-state index in [4.69, 9.17) is 14.2 Å². The van der Waals surface area contributed by atoms with Crippen molar-refractivity contribution in [2.24, 2.45) is 5.92 Å². The monoisotopic (exact) mass is 274 g/mol. The molecule has 0 aliphatic carbocycles. The van der Waals surface area contributed by atoms with Gasteiger partial charge >= 0.3 is 0 Å². The second kappa shape index (κ2) is 15.9. The second-order valence-electron chi connectivity index (χ2n) is 5.03. The minimum Gasteiger partial charge on any atom is -0.379 e. The Kier molecular flexibility index (Phi) is 15.8. The third-order valence-corrected chi connectivity index (χ3v) is 3.23. The summed E-state index contributed by atoms with van der Waals surface area (Å²) in [4.78, 5) is 0. The van der Waals surface area contributed by atoms with Crippen molar-refractivity contribution in [3.05, 3.63) is 0 Å². The third-order valence-electron chi connectivity index (χ3n) is 3.23. The van der Waals surface area contributed by atoms with Gasteiger partial charge in [-0.2, -0.15) is 0 Å². The van der Waals surface area contributed by atoms with Crippen LogP contribution < -0.4 is 0 Å². The molecule has 0 radical (unpaired) electrons. The molecule has 0 unspecified atom stereocenters. The first-order valence-electron chi connectivity index (χ1n) is 8.08. The molecule has 0 fully saturated rings. The van der Waals surface area contributed by atoms with Crippen molar-refractivity contribution in [3.63, 3.8) is 0 Å². The Morgan fingerprint density at radius 3 is 1.74 bits per heavy atom. The summed E-state index contributed by atoms with van der Waals surface area (Å²) in [6.45, 7) is 10.9. The Labute approximate surface area is 120 Å².